The molecule has 1 amide bonds. The first-order chi connectivity index (χ1) is 17.8. The highest BCUT2D eigenvalue weighted by Gasteiger charge is 2.18. The molecule has 192 valence electrons. The summed E-state index contributed by atoms with van der Waals surface area (Å²) in [5, 5.41) is 7.07. The van der Waals surface area contributed by atoms with Crippen molar-refractivity contribution in [3.63, 3.8) is 0 Å². The van der Waals surface area contributed by atoms with Gasteiger partial charge >= 0.3 is 0 Å². The first kappa shape index (κ1) is 25.6. The molecule has 0 spiro atoms. The number of anilines is 4. The number of carbonyl (C=O) groups excluding carboxylic acids is 1. The molecule has 0 saturated heterocycles. The average Bonchev–Trinajstić information content (AvgIpc) is 3.24. The summed E-state index contributed by atoms with van der Waals surface area (Å²) >= 11 is 0. The number of rotatable bonds is 10. The summed E-state index contributed by atoms with van der Waals surface area (Å²) in [6.45, 7) is 5.10. The minimum atomic E-state index is -0.361. The summed E-state index contributed by atoms with van der Waals surface area (Å²) in [6, 6.07) is 11.9. The molecule has 10 heteroatoms. The van der Waals surface area contributed by atoms with Crippen LogP contribution >= 0.6 is 0 Å². The smallest absolute Gasteiger partial charge is 0.248 e. The third kappa shape index (κ3) is 5.70. The van der Waals surface area contributed by atoms with E-state index in [1.807, 2.05) is 57.4 Å². The lowest BCUT2D eigenvalue weighted by Crippen LogP contribution is -2.29. The maximum absolute atomic E-state index is 12.2. The van der Waals surface area contributed by atoms with Gasteiger partial charge in [0.05, 0.1) is 18.5 Å². The maximum atomic E-state index is 12.2. The Labute approximate surface area is 216 Å². The molecule has 1 aromatic carbocycles. The van der Waals surface area contributed by atoms with E-state index in [0.29, 0.717) is 29.0 Å². The number of amides is 1. The quantitative estimate of drug-likeness (QED) is 0.316. The van der Waals surface area contributed by atoms with Gasteiger partial charge in [-0.2, -0.15) is 0 Å². The highest BCUT2D eigenvalue weighted by Crippen LogP contribution is 2.35. The predicted octanol–water partition coefficient (Wildman–Crippen LogP) is 3.90. The number of aromatic nitrogens is 4. The van der Waals surface area contributed by atoms with Crippen molar-refractivity contribution in [1.29, 1.82) is 0 Å². The van der Waals surface area contributed by atoms with Gasteiger partial charge in [0.25, 0.3) is 0 Å². The number of aryl methyl sites for hydroxylation is 1. The number of nitrogens with one attached hydrogen (secondary N) is 2. The van der Waals surface area contributed by atoms with E-state index < -0.39 is 0 Å². The third-order valence-electron chi connectivity index (χ3n) is 5.97. The summed E-state index contributed by atoms with van der Waals surface area (Å²) < 4.78 is 7.72. The van der Waals surface area contributed by atoms with E-state index in [1.54, 1.807) is 13.3 Å². The highest BCUT2D eigenvalue weighted by molar-refractivity contribution is 6.00. The molecule has 0 radical (unpaired) electrons. The van der Waals surface area contributed by atoms with Crippen LogP contribution in [0.5, 0.6) is 5.75 Å². The minimum Gasteiger partial charge on any atom is -0.493 e. The molecule has 10 nitrogen and oxygen atoms in total. The summed E-state index contributed by atoms with van der Waals surface area (Å²) in [5.74, 6) is 1.23. The van der Waals surface area contributed by atoms with Crippen molar-refractivity contribution in [1.82, 2.24) is 24.4 Å². The van der Waals surface area contributed by atoms with Crippen LogP contribution in [0.15, 0.2) is 61.4 Å². The normalized spacial score (nSPS) is 11.0. The van der Waals surface area contributed by atoms with Crippen molar-refractivity contribution < 1.29 is 9.53 Å². The lowest BCUT2D eigenvalue weighted by atomic mass is 10.1. The zero-order valence-electron chi connectivity index (χ0n) is 21.8. The number of hydrogen-bond acceptors (Lipinski definition) is 8. The van der Waals surface area contributed by atoms with Crippen molar-refractivity contribution >= 4 is 40.1 Å². The minimum absolute atomic E-state index is 0.353. The van der Waals surface area contributed by atoms with Gasteiger partial charge in [-0.15, -0.1) is 0 Å². The molecule has 3 aromatic heterocycles. The van der Waals surface area contributed by atoms with Crippen LogP contribution in [-0.2, 0) is 11.8 Å². The number of carbonyl (C=O) groups is 1. The summed E-state index contributed by atoms with van der Waals surface area (Å²) in [6.07, 6.45) is 4.96. The molecule has 0 fully saturated rings. The number of likely N-dealkylation sites (N-methyl/N-ethyl adjacent to an activating group) is 2. The largest absolute Gasteiger partial charge is 0.493 e. The molecule has 0 aliphatic carbocycles. The Bertz CT molecular complexity index is 1430. The number of nitrogens with zero attached hydrogens (tertiary/aromatic N) is 6. The van der Waals surface area contributed by atoms with Crippen LogP contribution < -0.4 is 20.3 Å². The second kappa shape index (κ2) is 11.1. The van der Waals surface area contributed by atoms with Gasteiger partial charge in [0.1, 0.15) is 0 Å². The molecular formula is C27H32N8O2. The number of pyridine rings is 1. The third-order valence-corrected chi connectivity index (χ3v) is 5.97. The van der Waals surface area contributed by atoms with Gasteiger partial charge in [-0.3, -0.25) is 4.79 Å². The lowest BCUT2D eigenvalue weighted by Gasteiger charge is -2.25. The van der Waals surface area contributed by atoms with Crippen LogP contribution in [0, 0.1) is 0 Å². The van der Waals surface area contributed by atoms with Gasteiger partial charge in [0.15, 0.2) is 17.4 Å². The number of hydrogen-bond donors (Lipinski definition) is 2. The van der Waals surface area contributed by atoms with Crippen LogP contribution in [0.2, 0.25) is 0 Å². The van der Waals surface area contributed by atoms with E-state index in [-0.39, 0.29) is 5.91 Å². The fraction of sp³-hybridized carbons (Fsp3) is 0.259. The Hall–Kier alpha value is -4.44. The van der Waals surface area contributed by atoms with E-state index in [0.717, 1.165) is 35.2 Å². The first-order valence-corrected chi connectivity index (χ1v) is 11.8. The first-order valence-electron chi connectivity index (χ1n) is 11.8. The molecule has 37 heavy (non-hydrogen) atoms. The van der Waals surface area contributed by atoms with Gasteiger partial charge in [0.2, 0.25) is 11.9 Å². The topological polar surface area (TPSA) is 100 Å². The molecule has 0 saturated carbocycles. The van der Waals surface area contributed by atoms with Gasteiger partial charge in [-0.25, -0.2) is 15.0 Å². The fourth-order valence-electron chi connectivity index (χ4n) is 3.97. The van der Waals surface area contributed by atoms with Gasteiger partial charge < -0.3 is 29.7 Å². The zero-order valence-corrected chi connectivity index (χ0v) is 21.8. The zero-order chi connectivity index (χ0) is 26.5. The van der Waals surface area contributed by atoms with E-state index >= 15 is 0 Å². The molecule has 2 N–H and O–H groups in total. The average molecular weight is 501 g/mol. The van der Waals surface area contributed by atoms with Crippen LogP contribution in [0.3, 0.4) is 0 Å². The SMILES string of the molecule is C=CC(=O)Nc1nc(Nc2nccc(-c3cn(C)c4ccccc34)n2)c(OC)cc1N(C)CCN(C)C. The molecule has 0 bridgehead atoms. The summed E-state index contributed by atoms with van der Waals surface area (Å²) in [7, 11) is 9.53. The maximum Gasteiger partial charge on any atom is 0.248 e. The number of ether oxygens (including phenoxy) is 1. The molecule has 0 unspecified atom stereocenters. The second-order valence-corrected chi connectivity index (χ2v) is 8.89. The van der Waals surface area contributed by atoms with Gasteiger partial charge in [-0.05, 0) is 32.3 Å². The van der Waals surface area contributed by atoms with E-state index in [4.69, 9.17) is 9.72 Å². The van der Waals surface area contributed by atoms with Crippen LogP contribution in [0.25, 0.3) is 22.2 Å². The molecule has 3 heterocycles. The molecule has 4 rings (SSSR count). The van der Waals surface area contributed by atoms with Crippen molar-refractivity contribution in [2.75, 3.05) is 56.9 Å². The van der Waals surface area contributed by atoms with Crippen LogP contribution in [-0.4, -0.2) is 71.7 Å². The number of fused-ring (bicyclic) bond motifs is 1. The van der Waals surface area contributed by atoms with Gasteiger partial charge in [0, 0.05) is 62.1 Å². The Morgan fingerprint density at radius 1 is 1.14 bits per heavy atom. The van der Waals surface area contributed by atoms with Crippen molar-refractivity contribution in [3.05, 3.63) is 61.4 Å². The van der Waals surface area contributed by atoms with Crippen molar-refractivity contribution in [3.8, 4) is 17.0 Å². The van der Waals surface area contributed by atoms with Gasteiger partial charge in [-0.1, -0.05) is 24.8 Å². The predicted molar refractivity (Wildman–Crippen MR) is 149 cm³/mol. The van der Waals surface area contributed by atoms with Crippen LogP contribution in [0.4, 0.5) is 23.3 Å². The number of para-hydroxylation sites is 1. The molecule has 0 aliphatic rings. The Morgan fingerprint density at radius 3 is 2.65 bits per heavy atom. The molecule has 0 aliphatic heterocycles. The van der Waals surface area contributed by atoms with E-state index in [1.165, 1.54) is 6.08 Å². The Balaban J connectivity index is 1.71. The molecule has 0 atom stereocenters. The lowest BCUT2D eigenvalue weighted by molar-refractivity contribution is -0.111. The van der Waals surface area contributed by atoms with E-state index in [9.17, 15) is 4.79 Å². The van der Waals surface area contributed by atoms with Crippen molar-refractivity contribution in [2.24, 2.45) is 7.05 Å². The number of benzene rings is 1. The molecule has 4 aromatic rings. The van der Waals surface area contributed by atoms with E-state index in [2.05, 4.69) is 55.0 Å². The molecular weight excluding hydrogens is 468 g/mol. The highest BCUT2D eigenvalue weighted by atomic mass is 16.5. The Kier molecular flexibility index (Phi) is 7.69. The Morgan fingerprint density at radius 2 is 1.92 bits per heavy atom. The fourth-order valence-corrected chi connectivity index (χ4v) is 3.97. The second-order valence-electron chi connectivity index (χ2n) is 8.89. The standard InChI is InChI=1S/C27H32N8O2/c1-7-24(36)30-25-22(34(4)15-14-33(2)3)16-23(37-6)26(31-25)32-27-28-13-12-20(29-27)19-17-35(5)21-11-9-8-10-18(19)21/h7-13,16-17H,1,14-15H2,2-6H3,(H2,28,29,30,31,32,36). The summed E-state index contributed by atoms with van der Waals surface area (Å²) in [5.41, 5.74) is 3.60. The monoisotopic (exact) mass is 500 g/mol. The van der Waals surface area contributed by atoms with Crippen molar-refractivity contribution in [2.45, 2.75) is 0 Å². The number of methoxy groups -OCH3 is 1. The van der Waals surface area contributed by atoms with Crippen LogP contribution in [0.1, 0.15) is 0 Å². The summed E-state index contributed by atoms with van der Waals surface area (Å²) in [4.78, 5) is 30.1.